The maximum absolute atomic E-state index is 5.88. The Morgan fingerprint density at radius 1 is 1.26 bits per heavy atom. The van der Waals surface area contributed by atoms with E-state index in [1.807, 2.05) is 17.7 Å². The molecule has 2 aromatic heterocycles. The second-order valence-corrected chi connectivity index (χ2v) is 7.62. The van der Waals surface area contributed by atoms with Crippen LogP contribution in [-0.2, 0) is 17.7 Å². The Labute approximate surface area is 159 Å². The van der Waals surface area contributed by atoms with E-state index >= 15 is 0 Å². The topological polar surface area (TPSA) is 69.8 Å². The summed E-state index contributed by atoms with van der Waals surface area (Å²) in [5, 5.41) is 8.06. The van der Waals surface area contributed by atoms with Crippen LogP contribution in [0.3, 0.4) is 0 Å². The molecule has 0 spiro atoms. The van der Waals surface area contributed by atoms with Crippen molar-refractivity contribution in [1.29, 1.82) is 0 Å². The summed E-state index contributed by atoms with van der Waals surface area (Å²) < 4.78 is 10.1. The molecule has 144 valence electrons. The van der Waals surface area contributed by atoms with Crippen molar-refractivity contribution in [2.75, 3.05) is 19.7 Å². The van der Waals surface area contributed by atoms with Crippen LogP contribution in [0.1, 0.15) is 31.9 Å². The molecule has 0 radical (unpaired) electrons. The Balaban J connectivity index is 1.74. The number of benzene rings is 1. The number of para-hydroxylation sites is 2. The summed E-state index contributed by atoms with van der Waals surface area (Å²) in [4.78, 5) is 9.57. The Bertz CT molecular complexity index is 906. The number of ether oxygens (including phenoxy) is 1. The van der Waals surface area contributed by atoms with Crippen LogP contribution in [0.4, 0.5) is 0 Å². The number of nitrogens with one attached hydrogen (secondary N) is 1. The molecule has 1 aliphatic rings. The molecule has 0 unspecified atom stereocenters. The minimum Gasteiger partial charge on any atom is -0.375 e. The van der Waals surface area contributed by atoms with Gasteiger partial charge in [-0.05, 0) is 31.4 Å². The molecule has 7 nitrogen and oxygen atoms in total. The molecule has 1 N–H and O–H groups in total. The summed E-state index contributed by atoms with van der Waals surface area (Å²) in [5.74, 6) is 3.13. The summed E-state index contributed by atoms with van der Waals surface area (Å²) in [5.41, 5.74) is 2.13. The summed E-state index contributed by atoms with van der Waals surface area (Å²) in [7, 11) is 0. The number of imidazole rings is 1. The van der Waals surface area contributed by atoms with E-state index in [1.165, 1.54) is 0 Å². The van der Waals surface area contributed by atoms with Gasteiger partial charge in [0, 0.05) is 26.1 Å². The van der Waals surface area contributed by atoms with Crippen molar-refractivity contribution in [1.82, 2.24) is 29.6 Å². The summed E-state index contributed by atoms with van der Waals surface area (Å²) in [6, 6.07) is 8.28. The number of hydrogen-bond donors (Lipinski definition) is 1. The fourth-order valence-corrected chi connectivity index (χ4v) is 3.54. The second kappa shape index (κ2) is 7.78. The lowest BCUT2D eigenvalue weighted by molar-refractivity contribution is 0.0277. The SMILES string of the molecule is Cc1nc(C[C@H]2CNCCO2)n(-c2nc3ccccc3n2CCC(C)C)n1. The van der Waals surface area contributed by atoms with E-state index in [0.717, 1.165) is 67.7 Å². The highest BCUT2D eigenvalue weighted by Gasteiger charge is 2.22. The molecule has 4 rings (SSSR count). The zero-order chi connectivity index (χ0) is 18.8. The van der Waals surface area contributed by atoms with Gasteiger partial charge >= 0.3 is 0 Å². The van der Waals surface area contributed by atoms with Crippen molar-refractivity contribution in [3.63, 3.8) is 0 Å². The Morgan fingerprint density at radius 3 is 2.89 bits per heavy atom. The van der Waals surface area contributed by atoms with Gasteiger partial charge < -0.3 is 14.6 Å². The van der Waals surface area contributed by atoms with Gasteiger partial charge in [0.25, 0.3) is 0 Å². The normalized spacial score (nSPS) is 17.9. The van der Waals surface area contributed by atoms with Gasteiger partial charge in [-0.2, -0.15) is 4.68 Å². The van der Waals surface area contributed by atoms with E-state index < -0.39 is 0 Å². The molecular weight excluding hydrogens is 340 g/mol. The zero-order valence-corrected chi connectivity index (χ0v) is 16.4. The lowest BCUT2D eigenvalue weighted by atomic mass is 10.1. The number of rotatable bonds is 6. The van der Waals surface area contributed by atoms with E-state index in [0.29, 0.717) is 5.92 Å². The monoisotopic (exact) mass is 368 g/mol. The van der Waals surface area contributed by atoms with Crippen LogP contribution < -0.4 is 5.32 Å². The largest absolute Gasteiger partial charge is 0.375 e. The van der Waals surface area contributed by atoms with Crippen LogP contribution >= 0.6 is 0 Å². The van der Waals surface area contributed by atoms with Crippen LogP contribution in [0.5, 0.6) is 0 Å². The molecule has 1 atom stereocenters. The number of fused-ring (bicyclic) bond motifs is 1. The highest BCUT2D eigenvalue weighted by molar-refractivity contribution is 5.77. The van der Waals surface area contributed by atoms with Crippen LogP contribution in [0.15, 0.2) is 24.3 Å². The van der Waals surface area contributed by atoms with Gasteiger partial charge in [0.2, 0.25) is 5.95 Å². The number of aromatic nitrogens is 5. The maximum atomic E-state index is 5.88. The number of aryl methyl sites for hydroxylation is 2. The lowest BCUT2D eigenvalue weighted by Crippen LogP contribution is -2.40. The summed E-state index contributed by atoms with van der Waals surface area (Å²) >= 11 is 0. The van der Waals surface area contributed by atoms with Crippen LogP contribution in [0, 0.1) is 12.8 Å². The summed E-state index contributed by atoms with van der Waals surface area (Å²) in [6.07, 6.45) is 1.93. The first kappa shape index (κ1) is 18.1. The van der Waals surface area contributed by atoms with E-state index in [4.69, 9.17) is 9.72 Å². The van der Waals surface area contributed by atoms with Gasteiger partial charge in [-0.15, -0.1) is 5.10 Å². The Morgan fingerprint density at radius 2 is 2.11 bits per heavy atom. The van der Waals surface area contributed by atoms with Gasteiger partial charge in [-0.25, -0.2) is 9.97 Å². The first-order valence-corrected chi connectivity index (χ1v) is 9.82. The first-order valence-electron chi connectivity index (χ1n) is 9.82. The average Bonchev–Trinajstić information content (AvgIpc) is 3.20. The molecule has 7 heteroatoms. The zero-order valence-electron chi connectivity index (χ0n) is 16.4. The van der Waals surface area contributed by atoms with Crippen molar-refractivity contribution >= 4 is 11.0 Å². The van der Waals surface area contributed by atoms with Crippen LogP contribution in [-0.4, -0.2) is 50.1 Å². The average molecular weight is 368 g/mol. The van der Waals surface area contributed by atoms with Crippen molar-refractivity contribution < 1.29 is 4.74 Å². The fraction of sp³-hybridized carbons (Fsp3) is 0.550. The third kappa shape index (κ3) is 3.89. The quantitative estimate of drug-likeness (QED) is 0.724. The molecule has 3 heterocycles. The molecule has 1 saturated heterocycles. The first-order chi connectivity index (χ1) is 13.1. The van der Waals surface area contributed by atoms with Crippen molar-refractivity contribution in [3.05, 3.63) is 35.9 Å². The molecule has 1 aromatic carbocycles. The van der Waals surface area contributed by atoms with Gasteiger partial charge in [-0.3, -0.25) is 0 Å². The van der Waals surface area contributed by atoms with Gasteiger partial charge in [0.15, 0.2) is 0 Å². The van der Waals surface area contributed by atoms with Gasteiger partial charge in [-0.1, -0.05) is 26.0 Å². The van der Waals surface area contributed by atoms with E-state index in [2.05, 4.69) is 52.0 Å². The predicted molar refractivity (Wildman–Crippen MR) is 105 cm³/mol. The van der Waals surface area contributed by atoms with Gasteiger partial charge in [0.05, 0.1) is 23.7 Å². The molecule has 1 aliphatic heterocycles. The molecule has 0 bridgehead atoms. The predicted octanol–water partition coefficient (Wildman–Crippen LogP) is 2.50. The fourth-order valence-electron chi connectivity index (χ4n) is 3.54. The van der Waals surface area contributed by atoms with E-state index in [9.17, 15) is 0 Å². The standard InChI is InChI=1S/C20H28N6O/c1-14(2)8-10-25-18-7-5-4-6-17(18)23-20(25)26-19(22-15(3)24-26)12-16-13-21-9-11-27-16/h4-7,14,16,21H,8-13H2,1-3H3/t16-/m0/s1. The Hall–Kier alpha value is -2.25. The third-order valence-electron chi connectivity index (χ3n) is 4.95. The number of nitrogens with zero attached hydrogens (tertiary/aromatic N) is 5. The number of hydrogen-bond acceptors (Lipinski definition) is 5. The smallest absolute Gasteiger partial charge is 0.233 e. The molecule has 1 fully saturated rings. The minimum absolute atomic E-state index is 0.120. The second-order valence-electron chi connectivity index (χ2n) is 7.62. The molecule has 3 aromatic rings. The highest BCUT2D eigenvalue weighted by atomic mass is 16.5. The van der Waals surface area contributed by atoms with E-state index in [1.54, 1.807) is 0 Å². The van der Waals surface area contributed by atoms with Crippen molar-refractivity contribution in [3.8, 4) is 5.95 Å². The van der Waals surface area contributed by atoms with Gasteiger partial charge in [0.1, 0.15) is 11.6 Å². The van der Waals surface area contributed by atoms with Crippen LogP contribution in [0.2, 0.25) is 0 Å². The number of morpholine rings is 1. The molecular formula is C20H28N6O. The Kier molecular flexibility index (Phi) is 5.22. The molecule has 0 saturated carbocycles. The summed E-state index contributed by atoms with van der Waals surface area (Å²) in [6.45, 7) is 9.83. The third-order valence-corrected chi connectivity index (χ3v) is 4.95. The van der Waals surface area contributed by atoms with E-state index in [-0.39, 0.29) is 6.10 Å². The van der Waals surface area contributed by atoms with Crippen molar-refractivity contribution in [2.24, 2.45) is 5.92 Å². The molecule has 0 aliphatic carbocycles. The molecule has 0 amide bonds. The lowest BCUT2D eigenvalue weighted by Gasteiger charge is -2.23. The minimum atomic E-state index is 0.120. The molecule has 27 heavy (non-hydrogen) atoms. The van der Waals surface area contributed by atoms with Crippen molar-refractivity contribution in [2.45, 2.75) is 46.3 Å². The van der Waals surface area contributed by atoms with Crippen LogP contribution in [0.25, 0.3) is 17.0 Å². The maximum Gasteiger partial charge on any atom is 0.233 e. The highest BCUT2D eigenvalue weighted by Crippen LogP contribution is 2.22.